The third kappa shape index (κ3) is 5.70. The highest BCUT2D eigenvalue weighted by atomic mass is 16.5. The molecule has 0 aliphatic heterocycles. The third-order valence-corrected chi connectivity index (χ3v) is 5.86. The Labute approximate surface area is 200 Å². The number of hydrogen-bond acceptors (Lipinski definition) is 8. The van der Waals surface area contributed by atoms with E-state index in [0.29, 0.717) is 28.0 Å². The number of aliphatic hydroxyl groups is 1. The molecule has 0 spiro atoms. The van der Waals surface area contributed by atoms with Crippen LogP contribution >= 0.6 is 0 Å². The first-order valence-corrected chi connectivity index (χ1v) is 11.6. The number of hydrogen-bond donors (Lipinski definition) is 3. The zero-order valence-electron chi connectivity index (χ0n) is 20.2. The second-order valence-electron chi connectivity index (χ2n) is 8.15. The van der Waals surface area contributed by atoms with Crippen LogP contribution < -0.4 is 30.9 Å². The Bertz CT molecular complexity index is 1130. The van der Waals surface area contributed by atoms with Crippen molar-refractivity contribution < 1.29 is 19.0 Å². The molecule has 8 nitrogen and oxygen atoms in total. The summed E-state index contributed by atoms with van der Waals surface area (Å²) in [7, 11) is 5.00. The predicted octanol–water partition coefficient (Wildman–Crippen LogP) is 3.12. The van der Waals surface area contributed by atoms with Crippen LogP contribution in [0.2, 0.25) is 0 Å². The minimum atomic E-state index is -0.289. The van der Waals surface area contributed by atoms with E-state index >= 15 is 0 Å². The van der Waals surface area contributed by atoms with Gasteiger partial charge in [-0.1, -0.05) is 6.07 Å². The molecule has 3 rings (SSSR count). The minimum absolute atomic E-state index is 0.134. The molecular formula is C26H35N3O5. The summed E-state index contributed by atoms with van der Waals surface area (Å²) < 4.78 is 17.0. The maximum absolute atomic E-state index is 13.1. The fraction of sp³-hybridized carbons (Fsp3) is 0.423. The monoisotopic (exact) mass is 469 g/mol. The van der Waals surface area contributed by atoms with Gasteiger partial charge in [0.05, 0.1) is 26.2 Å². The largest absolute Gasteiger partial charge is 0.492 e. The fourth-order valence-corrected chi connectivity index (χ4v) is 3.93. The molecule has 0 fully saturated rings. The first-order valence-electron chi connectivity index (χ1n) is 11.6. The summed E-state index contributed by atoms with van der Waals surface area (Å²) in [5.74, 6) is 0.801. The van der Waals surface area contributed by atoms with Gasteiger partial charge in [-0.3, -0.25) is 4.79 Å². The molecule has 8 heteroatoms. The van der Waals surface area contributed by atoms with Crippen molar-refractivity contribution in [3.63, 3.8) is 0 Å². The summed E-state index contributed by atoms with van der Waals surface area (Å²) in [6.07, 6.45) is 3.18. The smallest absolute Gasteiger partial charge is 0.235 e. The molecule has 0 bridgehead atoms. The van der Waals surface area contributed by atoms with E-state index in [4.69, 9.17) is 19.6 Å². The van der Waals surface area contributed by atoms with Gasteiger partial charge in [-0.05, 0) is 69.2 Å². The van der Waals surface area contributed by atoms with Crippen LogP contribution in [-0.2, 0) is 6.61 Å². The molecule has 0 radical (unpaired) electrons. The number of nitrogens with one attached hydrogen (secondary N) is 1. The Morgan fingerprint density at radius 2 is 1.71 bits per heavy atom. The summed E-state index contributed by atoms with van der Waals surface area (Å²) in [5, 5.41) is 13.4. The summed E-state index contributed by atoms with van der Waals surface area (Å²) >= 11 is 0. The first kappa shape index (κ1) is 25.6. The zero-order valence-corrected chi connectivity index (χ0v) is 20.2. The molecule has 184 valence electrons. The van der Waals surface area contributed by atoms with Crippen LogP contribution in [0.25, 0.3) is 22.3 Å². The Kier molecular flexibility index (Phi) is 9.33. The molecule has 34 heavy (non-hydrogen) atoms. The zero-order chi connectivity index (χ0) is 24.5. The van der Waals surface area contributed by atoms with E-state index in [1.54, 1.807) is 12.1 Å². The molecule has 0 unspecified atom stereocenters. The van der Waals surface area contributed by atoms with Crippen LogP contribution in [-0.4, -0.2) is 52.6 Å². The van der Waals surface area contributed by atoms with E-state index < -0.39 is 0 Å². The average Bonchev–Trinajstić information content (AvgIpc) is 2.87. The van der Waals surface area contributed by atoms with Crippen LogP contribution in [0.1, 0.15) is 24.8 Å². The number of ether oxygens (including phenoxy) is 2. The van der Waals surface area contributed by atoms with Gasteiger partial charge in [0.1, 0.15) is 0 Å². The minimum Gasteiger partial charge on any atom is -0.492 e. The number of benzene rings is 2. The van der Waals surface area contributed by atoms with Gasteiger partial charge >= 0.3 is 0 Å². The van der Waals surface area contributed by atoms with Crippen molar-refractivity contribution in [2.45, 2.75) is 25.9 Å². The van der Waals surface area contributed by atoms with Crippen molar-refractivity contribution in [3.05, 3.63) is 52.2 Å². The van der Waals surface area contributed by atoms with E-state index in [1.807, 2.05) is 24.3 Å². The van der Waals surface area contributed by atoms with Crippen LogP contribution in [0.5, 0.6) is 11.5 Å². The highest BCUT2D eigenvalue weighted by Crippen LogP contribution is 2.36. The summed E-state index contributed by atoms with van der Waals surface area (Å²) in [6.45, 7) is 3.39. The second-order valence-corrected chi connectivity index (χ2v) is 8.15. The summed E-state index contributed by atoms with van der Waals surface area (Å²) in [5.41, 5.74) is 7.83. The Hall–Kier alpha value is -3.07. The van der Waals surface area contributed by atoms with Gasteiger partial charge in [-0.15, -0.1) is 0 Å². The average molecular weight is 470 g/mol. The molecule has 0 saturated heterocycles. The van der Waals surface area contributed by atoms with E-state index in [1.165, 1.54) is 14.2 Å². The van der Waals surface area contributed by atoms with Gasteiger partial charge in [0.15, 0.2) is 17.1 Å². The standard InChI is InChI=1S/C26H35N3O5/c1-29(16-5-4-14-28-15-6-13-27)20-10-7-18(8-11-20)24-26(33-3)22(31)21-12-9-19(17-30)23(32-2)25(21)34-24/h7-12,28,30H,4-6,13-17,27H2,1-3H3. The third-order valence-electron chi connectivity index (χ3n) is 5.86. The molecular weight excluding hydrogens is 434 g/mol. The first-order chi connectivity index (χ1) is 16.5. The lowest BCUT2D eigenvalue weighted by molar-refractivity contribution is 0.273. The number of fused-ring (bicyclic) bond motifs is 1. The fourth-order valence-electron chi connectivity index (χ4n) is 3.93. The normalized spacial score (nSPS) is 11.1. The molecule has 0 aliphatic carbocycles. The maximum atomic E-state index is 13.1. The van der Waals surface area contributed by atoms with Gasteiger partial charge in [-0.25, -0.2) is 0 Å². The van der Waals surface area contributed by atoms with E-state index in [-0.39, 0.29) is 23.4 Å². The summed E-state index contributed by atoms with van der Waals surface area (Å²) in [4.78, 5) is 15.3. The van der Waals surface area contributed by atoms with Crippen molar-refractivity contribution >= 4 is 16.7 Å². The number of methoxy groups -OCH3 is 2. The van der Waals surface area contributed by atoms with Gasteiger partial charge in [0.25, 0.3) is 0 Å². The van der Waals surface area contributed by atoms with Crippen molar-refractivity contribution in [1.29, 1.82) is 0 Å². The number of anilines is 1. The molecule has 3 aromatic rings. The quantitative estimate of drug-likeness (QED) is 0.328. The van der Waals surface area contributed by atoms with Gasteiger partial charge < -0.3 is 34.9 Å². The molecule has 1 heterocycles. The second kappa shape index (κ2) is 12.4. The number of rotatable bonds is 13. The van der Waals surface area contributed by atoms with E-state index in [9.17, 15) is 9.90 Å². The lowest BCUT2D eigenvalue weighted by Crippen LogP contribution is -2.22. The van der Waals surface area contributed by atoms with Crippen LogP contribution in [0.4, 0.5) is 5.69 Å². The molecule has 0 saturated carbocycles. The van der Waals surface area contributed by atoms with E-state index in [0.717, 1.165) is 51.1 Å². The van der Waals surface area contributed by atoms with Gasteiger partial charge in [0, 0.05) is 30.4 Å². The summed E-state index contributed by atoms with van der Waals surface area (Å²) in [6, 6.07) is 11.1. The molecule has 2 aromatic carbocycles. The lowest BCUT2D eigenvalue weighted by Gasteiger charge is -2.20. The predicted molar refractivity (Wildman–Crippen MR) is 136 cm³/mol. The molecule has 0 aliphatic rings. The topological polar surface area (TPSA) is 110 Å². The number of nitrogens with zero attached hydrogens (tertiary/aromatic N) is 1. The Morgan fingerprint density at radius 1 is 1.00 bits per heavy atom. The maximum Gasteiger partial charge on any atom is 0.235 e. The molecule has 4 N–H and O–H groups in total. The van der Waals surface area contributed by atoms with Crippen LogP contribution in [0, 0.1) is 0 Å². The van der Waals surface area contributed by atoms with Gasteiger partial charge in [-0.2, -0.15) is 0 Å². The lowest BCUT2D eigenvalue weighted by atomic mass is 10.1. The molecule has 0 amide bonds. The number of aliphatic hydroxyl groups excluding tert-OH is 1. The SMILES string of the molecule is COc1c(-c2ccc(N(C)CCCCNCCCN)cc2)oc2c(OC)c(CO)ccc2c1=O. The highest BCUT2D eigenvalue weighted by Gasteiger charge is 2.21. The Morgan fingerprint density at radius 3 is 2.35 bits per heavy atom. The van der Waals surface area contributed by atoms with E-state index in [2.05, 4.69) is 17.3 Å². The Balaban J connectivity index is 1.81. The van der Waals surface area contributed by atoms with Crippen LogP contribution in [0.15, 0.2) is 45.6 Å². The molecule has 1 aromatic heterocycles. The van der Waals surface area contributed by atoms with Crippen molar-refractivity contribution in [3.8, 4) is 22.8 Å². The number of unbranched alkanes of at least 4 members (excludes halogenated alkanes) is 1. The molecule has 0 atom stereocenters. The van der Waals surface area contributed by atoms with Crippen LogP contribution in [0.3, 0.4) is 0 Å². The highest BCUT2D eigenvalue weighted by molar-refractivity contribution is 5.87. The van der Waals surface area contributed by atoms with Crippen molar-refractivity contribution in [2.75, 3.05) is 52.3 Å². The van der Waals surface area contributed by atoms with Crippen molar-refractivity contribution in [1.82, 2.24) is 5.32 Å². The number of nitrogens with two attached hydrogens (primary N) is 1. The van der Waals surface area contributed by atoms with Crippen molar-refractivity contribution in [2.24, 2.45) is 5.73 Å². The van der Waals surface area contributed by atoms with Gasteiger partial charge in [0.2, 0.25) is 11.2 Å².